The van der Waals surface area contributed by atoms with Gasteiger partial charge < -0.3 is 15.3 Å². The van der Waals surface area contributed by atoms with E-state index in [1.165, 1.54) is 29.2 Å². The summed E-state index contributed by atoms with van der Waals surface area (Å²) in [6.07, 6.45) is -4.25. The second-order valence-electron chi connectivity index (χ2n) is 7.40. The van der Waals surface area contributed by atoms with E-state index in [2.05, 4.69) is 22.1 Å². The van der Waals surface area contributed by atoms with Crippen molar-refractivity contribution in [3.8, 4) is 11.3 Å². The number of amides is 1. The maximum absolute atomic E-state index is 14.8. The second-order valence-corrected chi connectivity index (χ2v) is 7.40. The lowest BCUT2D eigenvalue weighted by molar-refractivity contribution is -0.137. The van der Waals surface area contributed by atoms with Crippen LogP contribution in [0.15, 0.2) is 55.1 Å². The molecule has 2 heterocycles. The molecule has 10 heteroatoms. The van der Waals surface area contributed by atoms with Crippen LogP contribution in [-0.2, 0) is 11.0 Å². The van der Waals surface area contributed by atoms with Gasteiger partial charge in [0.1, 0.15) is 11.5 Å². The normalized spacial score (nSPS) is 18.7. The van der Waals surface area contributed by atoms with Gasteiger partial charge in [-0.05, 0) is 24.3 Å². The number of carbonyl (C=O) groups excluding carboxylic acids is 1. The van der Waals surface area contributed by atoms with Gasteiger partial charge in [0, 0.05) is 24.0 Å². The fourth-order valence-electron chi connectivity index (χ4n) is 3.71. The number of likely N-dealkylation sites (tertiary alicyclic amines) is 1. The Bertz CT molecular complexity index is 1180. The number of β-amino-alcohol motifs (C(OH)–C–C–N with tert-alkyl or cyclic N) is 1. The van der Waals surface area contributed by atoms with Crippen LogP contribution in [0.3, 0.4) is 0 Å². The van der Waals surface area contributed by atoms with Crippen LogP contribution in [0.4, 0.5) is 23.4 Å². The molecule has 2 atom stereocenters. The minimum absolute atomic E-state index is 0.0608. The molecule has 0 aliphatic carbocycles. The number of aliphatic hydroxyl groups excluding tert-OH is 1. The third kappa shape index (κ3) is 4.01. The van der Waals surface area contributed by atoms with E-state index in [-0.39, 0.29) is 35.9 Å². The summed E-state index contributed by atoms with van der Waals surface area (Å²) in [6.45, 7) is 3.66. The number of carbonyl (C=O) groups is 1. The van der Waals surface area contributed by atoms with E-state index < -0.39 is 29.7 Å². The molecule has 0 saturated carbocycles. The summed E-state index contributed by atoms with van der Waals surface area (Å²) in [5.41, 5.74) is -0.248. The zero-order valence-electron chi connectivity index (χ0n) is 16.6. The average molecular weight is 446 g/mol. The van der Waals surface area contributed by atoms with Gasteiger partial charge in [-0.15, -0.1) is 10.2 Å². The van der Waals surface area contributed by atoms with Crippen LogP contribution >= 0.6 is 0 Å². The lowest BCUT2D eigenvalue weighted by Crippen LogP contribution is -2.33. The first-order valence-electron chi connectivity index (χ1n) is 9.67. The van der Waals surface area contributed by atoms with Crippen molar-refractivity contribution < 1.29 is 27.5 Å². The SMILES string of the molecule is C=CC(=O)N1C[C@H](O)[C@H](Nc2nnc(-c3ccc(C(F)(F)F)cc3)c3cccc(F)c23)C1. The fourth-order valence-corrected chi connectivity index (χ4v) is 3.71. The molecule has 1 aliphatic rings. The predicted octanol–water partition coefficient (Wildman–Crippen LogP) is 3.62. The number of nitrogens with one attached hydrogen (secondary N) is 1. The van der Waals surface area contributed by atoms with Gasteiger partial charge in [0.25, 0.3) is 0 Å². The zero-order chi connectivity index (χ0) is 23.0. The molecular weight excluding hydrogens is 428 g/mol. The number of hydrogen-bond acceptors (Lipinski definition) is 5. The first-order valence-corrected chi connectivity index (χ1v) is 9.67. The van der Waals surface area contributed by atoms with E-state index in [9.17, 15) is 27.5 Å². The summed E-state index contributed by atoms with van der Waals surface area (Å²) >= 11 is 0. The molecule has 6 nitrogen and oxygen atoms in total. The van der Waals surface area contributed by atoms with E-state index in [1.54, 1.807) is 6.07 Å². The van der Waals surface area contributed by atoms with Crippen molar-refractivity contribution in [3.05, 3.63) is 66.5 Å². The summed E-state index contributed by atoms with van der Waals surface area (Å²) in [5, 5.41) is 21.8. The third-order valence-electron chi connectivity index (χ3n) is 5.34. The minimum atomic E-state index is -4.48. The lowest BCUT2D eigenvalue weighted by Gasteiger charge is -2.18. The van der Waals surface area contributed by atoms with Gasteiger partial charge in [0.05, 0.1) is 23.1 Å². The minimum Gasteiger partial charge on any atom is -0.389 e. The van der Waals surface area contributed by atoms with Gasteiger partial charge in [-0.2, -0.15) is 13.2 Å². The average Bonchev–Trinajstić information content (AvgIpc) is 3.13. The van der Waals surface area contributed by atoms with Crippen molar-refractivity contribution >= 4 is 22.5 Å². The molecular formula is C22H18F4N4O2. The van der Waals surface area contributed by atoms with E-state index >= 15 is 0 Å². The molecule has 166 valence electrons. The second kappa shape index (κ2) is 8.19. The van der Waals surface area contributed by atoms with E-state index in [0.29, 0.717) is 10.9 Å². The van der Waals surface area contributed by atoms with Crippen molar-refractivity contribution in [2.24, 2.45) is 0 Å². The Labute approximate surface area is 180 Å². The van der Waals surface area contributed by atoms with Gasteiger partial charge in [-0.3, -0.25) is 4.79 Å². The first-order chi connectivity index (χ1) is 15.2. The van der Waals surface area contributed by atoms with Crippen molar-refractivity contribution in [3.63, 3.8) is 0 Å². The molecule has 1 fully saturated rings. The molecule has 3 aromatic rings. The lowest BCUT2D eigenvalue weighted by atomic mass is 10.0. The Morgan fingerprint density at radius 3 is 2.53 bits per heavy atom. The largest absolute Gasteiger partial charge is 0.416 e. The molecule has 4 rings (SSSR count). The number of nitrogens with zero attached hydrogens (tertiary/aromatic N) is 3. The maximum atomic E-state index is 14.8. The molecule has 1 saturated heterocycles. The van der Waals surface area contributed by atoms with Gasteiger partial charge in [0.2, 0.25) is 5.91 Å². The quantitative estimate of drug-likeness (QED) is 0.473. The van der Waals surface area contributed by atoms with Gasteiger partial charge in [-0.25, -0.2) is 4.39 Å². The summed E-state index contributed by atoms with van der Waals surface area (Å²) in [5.74, 6) is -0.890. The first kappa shape index (κ1) is 21.7. The third-order valence-corrected chi connectivity index (χ3v) is 5.34. The van der Waals surface area contributed by atoms with Crippen molar-refractivity contribution in [1.29, 1.82) is 0 Å². The van der Waals surface area contributed by atoms with E-state index in [0.717, 1.165) is 18.2 Å². The molecule has 0 bridgehead atoms. The predicted molar refractivity (Wildman–Crippen MR) is 110 cm³/mol. The van der Waals surface area contributed by atoms with Crippen LogP contribution < -0.4 is 5.32 Å². The maximum Gasteiger partial charge on any atom is 0.416 e. The number of halogens is 4. The topological polar surface area (TPSA) is 78.4 Å². The monoisotopic (exact) mass is 446 g/mol. The number of fused-ring (bicyclic) bond motifs is 1. The highest BCUT2D eigenvalue weighted by molar-refractivity contribution is 6.00. The molecule has 2 aromatic carbocycles. The Hall–Kier alpha value is -3.53. The smallest absolute Gasteiger partial charge is 0.389 e. The number of aliphatic hydroxyl groups is 1. The summed E-state index contributed by atoms with van der Waals surface area (Å²) in [6, 6.07) is 8.02. The van der Waals surface area contributed by atoms with Crippen LogP contribution in [0, 0.1) is 5.82 Å². The van der Waals surface area contributed by atoms with Crippen molar-refractivity contribution in [2.45, 2.75) is 18.3 Å². The number of aromatic nitrogens is 2. The molecule has 1 aromatic heterocycles. The highest BCUT2D eigenvalue weighted by Crippen LogP contribution is 2.34. The number of benzene rings is 2. The van der Waals surface area contributed by atoms with E-state index in [1.807, 2.05) is 0 Å². The van der Waals surface area contributed by atoms with Gasteiger partial charge in [-0.1, -0.05) is 30.8 Å². The molecule has 0 unspecified atom stereocenters. The highest BCUT2D eigenvalue weighted by Gasteiger charge is 2.34. The standard InChI is InChI=1S/C22H18F4N4O2/c1-2-18(32)30-10-16(17(31)11-30)27-21-19-14(4-3-5-15(19)23)20(28-29-21)12-6-8-13(9-7-12)22(24,25)26/h2-9,16-17,31H,1,10-11H2,(H,27,29)/t16-,17+/m1/s1. The number of hydrogen-bond donors (Lipinski definition) is 2. The number of rotatable bonds is 4. The number of alkyl halides is 3. The van der Waals surface area contributed by atoms with E-state index in [4.69, 9.17) is 0 Å². The van der Waals surface area contributed by atoms with Gasteiger partial charge >= 0.3 is 6.18 Å². The zero-order valence-corrected chi connectivity index (χ0v) is 16.6. The van der Waals surface area contributed by atoms with Crippen LogP contribution in [0.25, 0.3) is 22.0 Å². The molecule has 2 N–H and O–H groups in total. The van der Waals surface area contributed by atoms with Crippen LogP contribution in [0.5, 0.6) is 0 Å². The molecule has 1 aliphatic heterocycles. The van der Waals surface area contributed by atoms with Crippen LogP contribution in [0.1, 0.15) is 5.56 Å². The molecule has 1 amide bonds. The van der Waals surface area contributed by atoms with Crippen LogP contribution in [0.2, 0.25) is 0 Å². The summed E-state index contributed by atoms with van der Waals surface area (Å²) < 4.78 is 53.4. The van der Waals surface area contributed by atoms with Gasteiger partial charge in [0.15, 0.2) is 5.82 Å². The Morgan fingerprint density at radius 1 is 1.16 bits per heavy atom. The van der Waals surface area contributed by atoms with Crippen molar-refractivity contribution in [1.82, 2.24) is 15.1 Å². The number of anilines is 1. The summed E-state index contributed by atoms with van der Waals surface area (Å²) in [4.78, 5) is 13.2. The van der Waals surface area contributed by atoms with Crippen molar-refractivity contribution in [2.75, 3.05) is 18.4 Å². The molecule has 32 heavy (non-hydrogen) atoms. The Morgan fingerprint density at radius 2 is 1.88 bits per heavy atom. The molecule has 0 spiro atoms. The summed E-state index contributed by atoms with van der Waals surface area (Å²) in [7, 11) is 0. The Balaban J connectivity index is 1.71. The fraction of sp³-hybridized carbons (Fsp3) is 0.227. The highest BCUT2D eigenvalue weighted by atomic mass is 19.4. The Kier molecular flexibility index (Phi) is 5.55. The molecule has 0 radical (unpaired) electrons. The van der Waals surface area contributed by atoms with Crippen LogP contribution in [-0.4, -0.2) is 51.3 Å².